The molecule has 4 heteroatoms. The summed E-state index contributed by atoms with van der Waals surface area (Å²) < 4.78 is 20.0. The minimum atomic E-state index is -0.156. The van der Waals surface area contributed by atoms with Crippen molar-refractivity contribution >= 4 is 5.69 Å². The summed E-state index contributed by atoms with van der Waals surface area (Å²) in [6.45, 7) is 6.45. The Balaban J connectivity index is 2.08. The van der Waals surface area contributed by atoms with E-state index in [1.807, 2.05) is 18.0 Å². The molecule has 0 radical (unpaired) electrons. The number of ether oxygens (including phenoxy) is 1. The topological polar surface area (TPSA) is 24.5 Å². The molecule has 21 heavy (non-hydrogen) atoms. The van der Waals surface area contributed by atoms with E-state index in [-0.39, 0.29) is 11.9 Å². The summed E-state index contributed by atoms with van der Waals surface area (Å²) in [5.74, 6) is -0.156. The van der Waals surface area contributed by atoms with Crippen LogP contribution in [-0.2, 0) is 11.3 Å². The van der Waals surface area contributed by atoms with Gasteiger partial charge < -0.3 is 15.0 Å². The number of likely N-dealkylation sites (N-methyl/N-ethyl adjacent to an activating group) is 1. The van der Waals surface area contributed by atoms with Crippen molar-refractivity contribution in [2.45, 2.75) is 51.8 Å². The molecule has 1 aliphatic heterocycles. The van der Waals surface area contributed by atoms with E-state index in [0.29, 0.717) is 18.3 Å². The zero-order valence-corrected chi connectivity index (χ0v) is 13.4. The summed E-state index contributed by atoms with van der Waals surface area (Å²) >= 11 is 0. The molecule has 0 amide bonds. The molecule has 1 heterocycles. The fraction of sp³-hybridized carbons (Fsp3) is 0.647. The second kappa shape index (κ2) is 7.76. The summed E-state index contributed by atoms with van der Waals surface area (Å²) in [7, 11) is 1.95. The number of benzene rings is 1. The molecule has 1 atom stereocenters. The van der Waals surface area contributed by atoms with Crippen molar-refractivity contribution in [3.05, 3.63) is 29.6 Å². The van der Waals surface area contributed by atoms with Gasteiger partial charge in [0.2, 0.25) is 0 Å². The standard InChI is InChI=1S/C17H27FN2O/c1-13(2)19-11-14-7-6-9-16(18)17(14)20(3)12-15-8-4-5-10-21-15/h6-7,9,13,15,19H,4-5,8,10-12H2,1-3H3. The first-order valence-corrected chi connectivity index (χ1v) is 7.91. The van der Waals surface area contributed by atoms with E-state index in [9.17, 15) is 4.39 Å². The van der Waals surface area contributed by atoms with Gasteiger partial charge in [-0.25, -0.2) is 4.39 Å². The van der Waals surface area contributed by atoms with Crippen LogP contribution in [0.4, 0.5) is 10.1 Å². The fourth-order valence-corrected chi connectivity index (χ4v) is 2.79. The van der Waals surface area contributed by atoms with Crippen molar-refractivity contribution in [3.63, 3.8) is 0 Å². The Morgan fingerprint density at radius 1 is 1.38 bits per heavy atom. The van der Waals surface area contributed by atoms with Crippen molar-refractivity contribution < 1.29 is 9.13 Å². The van der Waals surface area contributed by atoms with Crippen LogP contribution < -0.4 is 10.2 Å². The monoisotopic (exact) mass is 294 g/mol. The van der Waals surface area contributed by atoms with E-state index in [1.54, 1.807) is 6.07 Å². The quantitative estimate of drug-likeness (QED) is 0.871. The average Bonchev–Trinajstić information content (AvgIpc) is 2.46. The van der Waals surface area contributed by atoms with Crippen molar-refractivity contribution in [1.82, 2.24) is 5.32 Å². The molecule has 3 nitrogen and oxygen atoms in total. The lowest BCUT2D eigenvalue weighted by Gasteiger charge is -2.30. The first-order valence-electron chi connectivity index (χ1n) is 7.91. The lowest BCUT2D eigenvalue weighted by Crippen LogP contribution is -2.34. The van der Waals surface area contributed by atoms with Crippen LogP contribution >= 0.6 is 0 Å². The number of halogens is 1. The highest BCUT2D eigenvalue weighted by atomic mass is 19.1. The van der Waals surface area contributed by atoms with Crippen LogP contribution in [0.5, 0.6) is 0 Å². The van der Waals surface area contributed by atoms with Gasteiger partial charge in [0.25, 0.3) is 0 Å². The molecular formula is C17H27FN2O. The SMILES string of the molecule is CC(C)NCc1cccc(F)c1N(C)CC1CCCCO1. The number of hydrogen-bond donors (Lipinski definition) is 1. The highest BCUT2D eigenvalue weighted by Crippen LogP contribution is 2.25. The Kier molecular flexibility index (Phi) is 6.00. The van der Waals surface area contributed by atoms with Crippen molar-refractivity contribution in [2.75, 3.05) is 25.1 Å². The van der Waals surface area contributed by atoms with Crippen LogP contribution in [0.15, 0.2) is 18.2 Å². The van der Waals surface area contributed by atoms with E-state index >= 15 is 0 Å². The molecule has 1 saturated heterocycles. The molecule has 0 aliphatic carbocycles. The molecule has 1 fully saturated rings. The van der Waals surface area contributed by atoms with E-state index in [4.69, 9.17) is 4.74 Å². The fourth-order valence-electron chi connectivity index (χ4n) is 2.79. The Bertz CT molecular complexity index is 444. The number of para-hydroxylation sites is 1. The Hall–Kier alpha value is -1.13. The van der Waals surface area contributed by atoms with Crippen LogP contribution in [-0.4, -0.2) is 32.3 Å². The van der Waals surface area contributed by atoms with Gasteiger partial charge in [-0.2, -0.15) is 0 Å². The molecule has 1 unspecified atom stereocenters. The Morgan fingerprint density at radius 3 is 2.86 bits per heavy atom. The summed E-state index contributed by atoms with van der Waals surface area (Å²) in [5.41, 5.74) is 1.70. The summed E-state index contributed by atoms with van der Waals surface area (Å²) in [6.07, 6.45) is 3.63. The summed E-state index contributed by atoms with van der Waals surface area (Å²) in [6, 6.07) is 5.69. The molecule has 1 N–H and O–H groups in total. The molecule has 1 aliphatic rings. The van der Waals surface area contributed by atoms with Gasteiger partial charge in [-0.3, -0.25) is 0 Å². The molecule has 1 aromatic rings. The Labute approximate surface area is 127 Å². The maximum absolute atomic E-state index is 14.3. The number of anilines is 1. The van der Waals surface area contributed by atoms with Crippen molar-refractivity contribution in [2.24, 2.45) is 0 Å². The van der Waals surface area contributed by atoms with Crippen LogP contribution in [0.1, 0.15) is 38.7 Å². The molecule has 118 valence electrons. The van der Waals surface area contributed by atoms with Crippen LogP contribution in [0.25, 0.3) is 0 Å². The molecule has 2 rings (SSSR count). The van der Waals surface area contributed by atoms with Gasteiger partial charge in [0.1, 0.15) is 5.82 Å². The summed E-state index contributed by atoms with van der Waals surface area (Å²) in [4.78, 5) is 2.00. The predicted octanol–water partition coefficient (Wildman–Crippen LogP) is 3.33. The van der Waals surface area contributed by atoms with E-state index in [2.05, 4.69) is 19.2 Å². The van der Waals surface area contributed by atoms with Gasteiger partial charge in [0.15, 0.2) is 0 Å². The molecule has 0 saturated carbocycles. The summed E-state index contributed by atoms with van der Waals surface area (Å²) in [5, 5.41) is 3.36. The highest BCUT2D eigenvalue weighted by Gasteiger charge is 2.19. The zero-order valence-electron chi connectivity index (χ0n) is 13.4. The second-order valence-corrected chi connectivity index (χ2v) is 6.15. The molecule has 1 aromatic carbocycles. The second-order valence-electron chi connectivity index (χ2n) is 6.15. The third-order valence-corrected chi connectivity index (χ3v) is 3.90. The minimum Gasteiger partial charge on any atom is -0.376 e. The minimum absolute atomic E-state index is 0.156. The number of nitrogens with zero attached hydrogens (tertiary/aromatic N) is 1. The van der Waals surface area contributed by atoms with Gasteiger partial charge in [0.05, 0.1) is 11.8 Å². The number of nitrogens with one attached hydrogen (secondary N) is 1. The van der Waals surface area contributed by atoms with E-state index in [1.165, 1.54) is 12.5 Å². The van der Waals surface area contributed by atoms with E-state index in [0.717, 1.165) is 31.6 Å². The average molecular weight is 294 g/mol. The van der Waals surface area contributed by atoms with Gasteiger partial charge >= 0.3 is 0 Å². The third kappa shape index (κ3) is 4.68. The smallest absolute Gasteiger partial charge is 0.146 e. The molecule has 0 aromatic heterocycles. The van der Waals surface area contributed by atoms with Gasteiger partial charge in [-0.1, -0.05) is 26.0 Å². The normalized spacial score (nSPS) is 19.0. The van der Waals surface area contributed by atoms with Gasteiger partial charge in [0, 0.05) is 32.8 Å². The van der Waals surface area contributed by atoms with Crippen molar-refractivity contribution in [1.29, 1.82) is 0 Å². The lowest BCUT2D eigenvalue weighted by molar-refractivity contribution is 0.0215. The molecular weight excluding hydrogens is 267 g/mol. The number of rotatable bonds is 6. The molecule has 0 bridgehead atoms. The van der Waals surface area contributed by atoms with E-state index < -0.39 is 0 Å². The highest BCUT2D eigenvalue weighted by molar-refractivity contribution is 5.54. The van der Waals surface area contributed by atoms with Gasteiger partial charge in [-0.05, 0) is 30.9 Å². The lowest BCUT2D eigenvalue weighted by atomic mass is 10.1. The van der Waals surface area contributed by atoms with Crippen molar-refractivity contribution in [3.8, 4) is 0 Å². The van der Waals surface area contributed by atoms with Crippen LogP contribution in [0.2, 0.25) is 0 Å². The maximum atomic E-state index is 14.3. The number of hydrogen-bond acceptors (Lipinski definition) is 3. The molecule has 0 spiro atoms. The first kappa shape index (κ1) is 16.2. The maximum Gasteiger partial charge on any atom is 0.146 e. The Morgan fingerprint density at radius 2 is 2.19 bits per heavy atom. The zero-order chi connectivity index (χ0) is 15.2. The van der Waals surface area contributed by atoms with Crippen LogP contribution in [0, 0.1) is 5.82 Å². The van der Waals surface area contributed by atoms with Crippen LogP contribution in [0.3, 0.4) is 0 Å². The van der Waals surface area contributed by atoms with Gasteiger partial charge in [-0.15, -0.1) is 0 Å². The third-order valence-electron chi connectivity index (χ3n) is 3.90. The predicted molar refractivity (Wildman–Crippen MR) is 85.2 cm³/mol. The largest absolute Gasteiger partial charge is 0.376 e. The first-order chi connectivity index (χ1) is 10.1.